The highest BCUT2D eigenvalue weighted by molar-refractivity contribution is 9.10. The maximum atomic E-state index is 12.1. The molecular formula is C17H12BrN5O4. The molecule has 1 heterocycles. The van der Waals surface area contributed by atoms with Crippen molar-refractivity contribution in [2.75, 3.05) is 0 Å². The van der Waals surface area contributed by atoms with Gasteiger partial charge in [-0.15, -0.1) is 0 Å². The molecule has 9 nitrogen and oxygen atoms in total. The number of benzene rings is 2. The summed E-state index contributed by atoms with van der Waals surface area (Å²) in [7, 11) is 0. The molecule has 0 bridgehead atoms. The SMILES string of the molecule is O=C(N/N=C\c1cc(Br)ccc1O)c1cc(-c2cccc([N+](=O)[O-])c2)n[nH]1. The summed E-state index contributed by atoms with van der Waals surface area (Å²) in [4.78, 5) is 22.5. The molecule has 10 heteroatoms. The summed E-state index contributed by atoms with van der Waals surface area (Å²) >= 11 is 3.28. The Labute approximate surface area is 161 Å². The number of H-pyrrole nitrogens is 1. The van der Waals surface area contributed by atoms with Crippen LogP contribution in [-0.2, 0) is 0 Å². The first-order valence-electron chi connectivity index (χ1n) is 7.56. The highest BCUT2D eigenvalue weighted by Crippen LogP contribution is 2.23. The van der Waals surface area contributed by atoms with Gasteiger partial charge in [-0.1, -0.05) is 28.1 Å². The molecule has 1 aromatic heterocycles. The second-order valence-electron chi connectivity index (χ2n) is 5.38. The fraction of sp³-hybridized carbons (Fsp3) is 0. The lowest BCUT2D eigenvalue weighted by atomic mass is 10.1. The van der Waals surface area contributed by atoms with Crippen molar-refractivity contribution in [3.05, 3.63) is 74.4 Å². The predicted octanol–water partition coefficient (Wildman–Crippen LogP) is 3.22. The Bertz CT molecular complexity index is 1050. The van der Waals surface area contributed by atoms with E-state index in [1.54, 1.807) is 18.2 Å². The number of nitrogens with one attached hydrogen (secondary N) is 2. The topological polar surface area (TPSA) is 134 Å². The van der Waals surface area contributed by atoms with Crippen LogP contribution in [0.25, 0.3) is 11.3 Å². The van der Waals surface area contributed by atoms with Crippen LogP contribution in [0.2, 0.25) is 0 Å². The summed E-state index contributed by atoms with van der Waals surface area (Å²) in [6.45, 7) is 0. The van der Waals surface area contributed by atoms with E-state index in [0.29, 0.717) is 16.8 Å². The van der Waals surface area contributed by atoms with E-state index in [9.17, 15) is 20.0 Å². The fourth-order valence-electron chi connectivity index (χ4n) is 2.21. The van der Waals surface area contributed by atoms with E-state index in [0.717, 1.165) is 4.47 Å². The lowest BCUT2D eigenvalue weighted by molar-refractivity contribution is -0.384. The van der Waals surface area contributed by atoms with E-state index in [1.807, 2.05) is 0 Å². The number of non-ortho nitro benzene ring substituents is 1. The molecule has 136 valence electrons. The van der Waals surface area contributed by atoms with Crippen LogP contribution < -0.4 is 5.43 Å². The largest absolute Gasteiger partial charge is 0.507 e. The Balaban J connectivity index is 1.72. The average molecular weight is 430 g/mol. The molecule has 2 aromatic carbocycles. The van der Waals surface area contributed by atoms with E-state index in [-0.39, 0.29) is 17.1 Å². The minimum Gasteiger partial charge on any atom is -0.507 e. The van der Waals surface area contributed by atoms with Gasteiger partial charge >= 0.3 is 0 Å². The number of hydrogen-bond acceptors (Lipinski definition) is 6. The third kappa shape index (κ3) is 4.36. The molecule has 0 radical (unpaired) electrons. The number of aromatic nitrogens is 2. The molecule has 0 spiro atoms. The average Bonchev–Trinajstić information content (AvgIpc) is 3.15. The van der Waals surface area contributed by atoms with Gasteiger partial charge in [0.05, 0.1) is 16.8 Å². The van der Waals surface area contributed by atoms with Gasteiger partial charge in [-0.3, -0.25) is 20.0 Å². The normalized spacial score (nSPS) is 10.9. The first kappa shape index (κ1) is 18.3. The number of phenols is 1. The first-order valence-corrected chi connectivity index (χ1v) is 8.35. The Hall–Kier alpha value is -3.53. The Morgan fingerprint density at radius 3 is 2.89 bits per heavy atom. The number of nitrogens with zero attached hydrogens (tertiary/aromatic N) is 3. The van der Waals surface area contributed by atoms with Crippen LogP contribution >= 0.6 is 15.9 Å². The van der Waals surface area contributed by atoms with Gasteiger partial charge in [-0.2, -0.15) is 10.2 Å². The van der Waals surface area contributed by atoms with Gasteiger partial charge in [-0.25, -0.2) is 5.43 Å². The van der Waals surface area contributed by atoms with Gasteiger partial charge in [0.1, 0.15) is 11.4 Å². The van der Waals surface area contributed by atoms with Crippen LogP contribution in [0, 0.1) is 10.1 Å². The molecule has 0 unspecified atom stereocenters. The molecule has 0 fully saturated rings. The second-order valence-corrected chi connectivity index (χ2v) is 6.29. The van der Waals surface area contributed by atoms with E-state index < -0.39 is 10.8 Å². The highest BCUT2D eigenvalue weighted by atomic mass is 79.9. The van der Waals surface area contributed by atoms with Crippen LogP contribution in [-0.4, -0.2) is 32.3 Å². The number of amides is 1. The van der Waals surface area contributed by atoms with Crippen molar-refractivity contribution in [2.45, 2.75) is 0 Å². The fourth-order valence-corrected chi connectivity index (χ4v) is 2.59. The van der Waals surface area contributed by atoms with Gasteiger partial charge in [0.25, 0.3) is 11.6 Å². The van der Waals surface area contributed by atoms with Crippen molar-refractivity contribution >= 4 is 33.7 Å². The number of aromatic amines is 1. The smallest absolute Gasteiger partial charge is 0.289 e. The van der Waals surface area contributed by atoms with Crippen molar-refractivity contribution in [3.8, 4) is 17.0 Å². The zero-order valence-electron chi connectivity index (χ0n) is 13.6. The molecule has 1 amide bonds. The summed E-state index contributed by atoms with van der Waals surface area (Å²) < 4.78 is 0.753. The van der Waals surface area contributed by atoms with Crippen LogP contribution in [0.15, 0.2) is 58.1 Å². The Kier molecular flexibility index (Phi) is 5.27. The van der Waals surface area contributed by atoms with Gasteiger partial charge in [0.2, 0.25) is 0 Å². The number of hydrazone groups is 1. The Morgan fingerprint density at radius 1 is 1.30 bits per heavy atom. The highest BCUT2D eigenvalue weighted by Gasteiger charge is 2.13. The van der Waals surface area contributed by atoms with Crippen molar-refractivity contribution in [3.63, 3.8) is 0 Å². The lowest BCUT2D eigenvalue weighted by Gasteiger charge is -1.99. The number of carbonyl (C=O) groups is 1. The number of carbonyl (C=O) groups excluding carboxylic acids is 1. The van der Waals surface area contributed by atoms with E-state index in [4.69, 9.17) is 0 Å². The number of hydrogen-bond donors (Lipinski definition) is 3. The van der Waals surface area contributed by atoms with Crippen molar-refractivity contribution in [1.29, 1.82) is 0 Å². The molecular weight excluding hydrogens is 418 g/mol. The molecule has 0 saturated carbocycles. The summed E-state index contributed by atoms with van der Waals surface area (Å²) in [5, 5.41) is 30.9. The van der Waals surface area contributed by atoms with Crippen molar-refractivity contribution < 1.29 is 14.8 Å². The number of phenolic OH excluding ortho intramolecular Hbond substituents is 1. The number of rotatable bonds is 5. The van der Waals surface area contributed by atoms with Gasteiger partial charge in [-0.05, 0) is 24.3 Å². The van der Waals surface area contributed by atoms with Gasteiger partial charge in [0, 0.05) is 27.7 Å². The number of halogens is 1. The maximum Gasteiger partial charge on any atom is 0.289 e. The monoisotopic (exact) mass is 429 g/mol. The lowest BCUT2D eigenvalue weighted by Crippen LogP contribution is -2.18. The van der Waals surface area contributed by atoms with Crippen LogP contribution in [0.4, 0.5) is 5.69 Å². The van der Waals surface area contributed by atoms with Crippen LogP contribution in [0.5, 0.6) is 5.75 Å². The van der Waals surface area contributed by atoms with Crippen molar-refractivity contribution in [1.82, 2.24) is 15.6 Å². The van der Waals surface area contributed by atoms with Crippen molar-refractivity contribution in [2.24, 2.45) is 5.10 Å². The van der Waals surface area contributed by atoms with Crippen LogP contribution in [0.3, 0.4) is 0 Å². The maximum absolute atomic E-state index is 12.1. The summed E-state index contributed by atoms with van der Waals surface area (Å²) in [5.74, 6) is -0.532. The molecule has 27 heavy (non-hydrogen) atoms. The summed E-state index contributed by atoms with van der Waals surface area (Å²) in [5.41, 5.74) is 3.69. The predicted molar refractivity (Wildman–Crippen MR) is 102 cm³/mol. The molecule has 3 aromatic rings. The molecule has 0 aliphatic carbocycles. The molecule has 3 N–H and O–H groups in total. The third-order valence-corrected chi connectivity index (χ3v) is 4.03. The molecule has 0 aliphatic rings. The van der Waals surface area contributed by atoms with Gasteiger partial charge < -0.3 is 5.11 Å². The van der Waals surface area contributed by atoms with E-state index in [2.05, 4.69) is 36.7 Å². The zero-order valence-corrected chi connectivity index (χ0v) is 15.2. The van der Waals surface area contributed by atoms with E-state index >= 15 is 0 Å². The molecule has 0 saturated heterocycles. The Morgan fingerprint density at radius 2 is 2.11 bits per heavy atom. The van der Waals surface area contributed by atoms with E-state index in [1.165, 1.54) is 36.5 Å². The summed E-state index contributed by atoms with van der Waals surface area (Å²) in [6.07, 6.45) is 1.30. The standard InChI is InChI=1S/C17H12BrN5O4/c18-12-4-5-16(24)11(6-12)9-19-22-17(25)15-8-14(20-21-15)10-2-1-3-13(7-10)23(26)27/h1-9,24H,(H,20,21)(H,22,25)/b19-9-. The quantitative estimate of drug-likeness (QED) is 0.325. The molecule has 3 rings (SSSR count). The minimum absolute atomic E-state index is 0.0192. The third-order valence-electron chi connectivity index (χ3n) is 3.53. The zero-order chi connectivity index (χ0) is 19.4. The van der Waals surface area contributed by atoms with Crippen LogP contribution in [0.1, 0.15) is 16.1 Å². The minimum atomic E-state index is -0.551. The number of nitro benzene ring substituents is 1. The second kappa shape index (κ2) is 7.79. The molecule has 0 atom stereocenters. The number of aromatic hydroxyl groups is 1. The molecule has 0 aliphatic heterocycles. The summed E-state index contributed by atoms with van der Waals surface area (Å²) in [6, 6.07) is 12.2. The number of nitro groups is 1. The van der Waals surface area contributed by atoms with Gasteiger partial charge in [0.15, 0.2) is 0 Å². The first-order chi connectivity index (χ1) is 12.9.